The van der Waals surface area contributed by atoms with E-state index in [0.29, 0.717) is 24.3 Å². The van der Waals surface area contributed by atoms with Crippen LogP contribution in [0, 0.1) is 0 Å². The minimum absolute atomic E-state index is 0.208. The number of carboxylic acids is 1. The van der Waals surface area contributed by atoms with Gasteiger partial charge in [0.25, 0.3) is 0 Å². The Hall–Kier alpha value is -2.64. The van der Waals surface area contributed by atoms with E-state index < -0.39 is 36.6 Å². The van der Waals surface area contributed by atoms with E-state index in [4.69, 9.17) is 21.3 Å². The quantitative estimate of drug-likeness (QED) is 0.325. The number of likely N-dealkylation sites (N-methyl/N-ethyl adjacent to an activating group) is 1. The summed E-state index contributed by atoms with van der Waals surface area (Å²) in [7, 11) is 1.77. The summed E-state index contributed by atoms with van der Waals surface area (Å²) in [4.78, 5) is 24.6. The third kappa shape index (κ3) is 3.95. The smallest absolute Gasteiger partial charge is 0.324 e. The van der Waals surface area contributed by atoms with Gasteiger partial charge in [-0.2, -0.15) is 0 Å². The van der Waals surface area contributed by atoms with Crippen LogP contribution in [0.25, 0.3) is 11.2 Å². The fraction of sp³-hybridized carbons (Fsp3) is 0.500. The summed E-state index contributed by atoms with van der Waals surface area (Å²) in [6.07, 6.45) is 1.83. The molecular formula is C16H23N7O5. The van der Waals surface area contributed by atoms with Gasteiger partial charge in [0.1, 0.15) is 36.2 Å². The first-order valence-corrected chi connectivity index (χ1v) is 8.57. The Morgan fingerprint density at radius 2 is 2.14 bits per heavy atom. The lowest BCUT2D eigenvalue weighted by atomic mass is 10.1. The summed E-state index contributed by atoms with van der Waals surface area (Å²) in [5.41, 5.74) is 12.0. The van der Waals surface area contributed by atoms with Crippen molar-refractivity contribution in [2.75, 3.05) is 25.9 Å². The highest BCUT2D eigenvalue weighted by atomic mass is 16.6. The molecule has 0 bridgehead atoms. The summed E-state index contributed by atoms with van der Waals surface area (Å²) in [5.74, 6) is -0.907. The normalized spacial score (nSPS) is 26.5. The van der Waals surface area contributed by atoms with Gasteiger partial charge in [-0.05, 0) is 7.05 Å². The van der Waals surface area contributed by atoms with Gasteiger partial charge in [0, 0.05) is 13.1 Å². The van der Waals surface area contributed by atoms with Crippen LogP contribution in [0.4, 0.5) is 5.82 Å². The molecule has 2 aromatic rings. The van der Waals surface area contributed by atoms with Crippen molar-refractivity contribution in [2.45, 2.75) is 30.6 Å². The molecule has 3 heterocycles. The number of hydrogen-bond donors (Lipinski definition) is 5. The summed E-state index contributed by atoms with van der Waals surface area (Å²) in [6, 6.07) is -1.07. The molecule has 2 aromatic heterocycles. The summed E-state index contributed by atoms with van der Waals surface area (Å²) in [6.45, 7) is 0.692. The first-order valence-electron chi connectivity index (χ1n) is 8.57. The van der Waals surface area contributed by atoms with E-state index in [9.17, 15) is 15.0 Å². The van der Waals surface area contributed by atoms with Crippen LogP contribution in [0.5, 0.6) is 0 Å². The number of aliphatic hydroxyl groups excluding tert-OH is 2. The maximum Gasteiger partial charge on any atom is 0.324 e. The average molecular weight is 393 g/mol. The second-order valence-corrected chi connectivity index (χ2v) is 6.64. The molecule has 28 heavy (non-hydrogen) atoms. The standard InChI is InChI=1S/C16H23N7O5/c1-22(4-2-3-8(17)16(26)27)5-9-11(24)12(25)15(28-9)23-7-21-10-13(18)19-6-20-14(10)23/h2-3,6-9,11-12,15,24-25H,4-5,17H2,1H3,(H,26,27)(H2,18,19,20)/b3-2-/t8?,9-,11-,12-,15-/m1/s1. The van der Waals surface area contributed by atoms with Crippen LogP contribution in [-0.2, 0) is 9.53 Å². The molecule has 1 unspecified atom stereocenters. The molecule has 0 aliphatic carbocycles. The number of aliphatic carboxylic acids is 1. The molecule has 1 aliphatic heterocycles. The van der Waals surface area contributed by atoms with E-state index in [1.165, 1.54) is 23.3 Å². The third-order valence-electron chi connectivity index (χ3n) is 4.54. The Kier molecular flexibility index (Phi) is 5.86. The van der Waals surface area contributed by atoms with E-state index in [2.05, 4.69) is 15.0 Å². The molecule has 1 saturated heterocycles. The molecule has 1 aliphatic rings. The third-order valence-corrected chi connectivity index (χ3v) is 4.54. The predicted molar refractivity (Wildman–Crippen MR) is 97.9 cm³/mol. The molecule has 12 nitrogen and oxygen atoms in total. The van der Waals surface area contributed by atoms with Crippen LogP contribution in [0.2, 0.25) is 0 Å². The largest absolute Gasteiger partial charge is 0.480 e. The fourth-order valence-electron chi connectivity index (χ4n) is 3.02. The summed E-state index contributed by atoms with van der Waals surface area (Å²) >= 11 is 0. The van der Waals surface area contributed by atoms with Crippen LogP contribution >= 0.6 is 0 Å². The Labute approximate surface area is 160 Å². The van der Waals surface area contributed by atoms with E-state index in [1.807, 2.05) is 0 Å². The van der Waals surface area contributed by atoms with E-state index in [1.54, 1.807) is 18.0 Å². The molecule has 152 valence electrons. The van der Waals surface area contributed by atoms with Crippen LogP contribution in [0.1, 0.15) is 6.23 Å². The zero-order chi connectivity index (χ0) is 20.4. The monoisotopic (exact) mass is 393 g/mol. The Bertz CT molecular complexity index is 872. The average Bonchev–Trinajstić information content (AvgIpc) is 3.19. The number of rotatable bonds is 7. The summed E-state index contributed by atoms with van der Waals surface area (Å²) < 4.78 is 7.36. The van der Waals surface area contributed by atoms with Gasteiger partial charge in [0.2, 0.25) is 0 Å². The highest BCUT2D eigenvalue weighted by Crippen LogP contribution is 2.32. The van der Waals surface area contributed by atoms with Crippen molar-refractivity contribution >= 4 is 23.0 Å². The van der Waals surface area contributed by atoms with Crippen molar-refractivity contribution < 1.29 is 24.9 Å². The minimum Gasteiger partial charge on any atom is -0.480 e. The molecular weight excluding hydrogens is 370 g/mol. The number of carbonyl (C=O) groups is 1. The number of aliphatic hydroxyl groups is 2. The molecule has 0 amide bonds. The molecule has 3 rings (SSSR count). The SMILES string of the molecule is CN(C/C=C\C(N)C(=O)O)C[C@H]1O[C@@H](n2cnc3c(N)ncnc32)[C@H](O)[C@@H]1O. The van der Waals surface area contributed by atoms with Crippen LogP contribution in [0.15, 0.2) is 24.8 Å². The number of aromatic nitrogens is 4. The lowest BCUT2D eigenvalue weighted by Gasteiger charge is -2.21. The first-order chi connectivity index (χ1) is 13.3. The van der Waals surface area contributed by atoms with Crippen LogP contribution in [0.3, 0.4) is 0 Å². The van der Waals surface area contributed by atoms with Gasteiger partial charge in [0.05, 0.1) is 6.33 Å². The molecule has 0 saturated carbocycles. The van der Waals surface area contributed by atoms with Crippen molar-refractivity contribution in [3.8, 4) is 0 Å². The van der Waals surface area contributed by atoms with Gasteiger partial charge in [-0.25, -0.2) is 15.0 Å². The molecule has 7 N–H and O–H groups in total. The van der Waals surface area contributed by atoms with E-state index >= 15 is 0 Å². The summed E-state index contributed by atoms with van der Waals surface area (Å²) in [5, 5.41) is 29.6. The second kappa shape index (κ2) is 8.16. The highest BCUT2D eigenvalue weighted by Gasteiger charge is 2.44. The number of anilines is 1. The van der Waals surface area contributed by atoms with Crippen molar-refractivity contribution in [1.82, 2.24) is 24.4 Å². The number of carboxylic acid groups (broad SMARTS) is 1. The molecule has 12 heteroatoms. The fourth-order valence-corrected chi connectivity index (χ4v) is 3.02. The number of imidazole rings is 1. The molecule has 5 atom stereocenters. The van der Waals surface area contributed by atoms with Gasteiger partial charge >= 0.3 is 5.97 Å². The number of hydrogen-bond acceptors (Lipinski definition) is 10. The zero-order valence-electron chi connectivity index (χ0n) is 15.2. The molecule has 0 aromatic carbocycles. The van der Waals surface area contributed by atoms with Gasteiger partial charge in [-0.15, -0.1) is 0 Å². The number of fused-ring (bicyclic) bond motifs is 1. The predicted octanol–water partition coefficient (Wildman–Crippen LogP) is -2.07. The molecule has 0 radical (unpaired) electrons. The lowest BCUT2D eigenvalue weighted by molar-refractivity contribution is -0.137. The first kappa shape index (κ1) is 20.1. The van der Waals surface area contributed by atoms with Gasteiger partial charge in [-0.1, -0.05) is 12.2 Å². The second-order valence-electron chi connectivity index (χ2n) is 6.64. The van der Waals surface area contributed by atoms with E-state index in [-0.39, 0.29) is 5.82 Å². The molecule has 1 fully saturated rings. The van der Waals surface area contributed by atoms with Crippen molar-refractivity contribution in [3.05, 3.63) is 24.8 Å². The molecule has 0 spiro atoms. The Balaban J connectivity index is 1.67. The zero-order valence-corrected chi connectivity index (χ0v) is 15.2. The van der Waals surface area contributed by atoms with Gasteiger partial charge in [-0.3, -0.25) is 9.36 Å². The highest BCUT2D eigenvalue weighted by molar-refractivity contribution is 5.81. The van der Waals surface area contributed by atoms with Crippen molar-refractivity contribution in [2.24, 2.45) is 5.73 Å². The minimum atomic E-state index is -1.19. The van der Waals surface area contributed by atoms with Crippen LogP contribution in [-0.4, -0.2) is 90.2 Å². The van der Waals surface area contributed by atoms with Gasteiger partial charge in [0.15, 0.2) is 17.7 Å². The topological polar surface area (TPSA) is 186 Å². The Morgan fingerprint density at radius 3 is 2.86 bits per heavy atom. The van der Waals surface area contributed by atoms with Crippen molar-refractivity contribution in [3.63, 3.8) is 0 Å². The number of nitrogens with two attached hydrogens (primary N) is 2. The lowest BCUT2D eigenvalue weighted by Crippen LogP contribution is -2.38. The van der Waals surface area contributed by atoms with Crippen LogP contribution < -0.4 is 11.5 Å². The van der Waals surface area contributed by atoms with Gasteiger partial charge < -0.3 is 36.4 Å². The number of nitrogen functional groups attached to an aromatic ring is 1. The van der Waals surface area contributed by atoms with Crippen molar-refractivity contribution in [1.29, 1.82) is 0 Å². The number of nitrogens with zero attached hydrogens (tertiary/aromatic N) is 5. The maximum absolute atomic E-state index is 10.7. The Morgan fingerprint density at radius 1 is 1.39 bits per heavy atom. The maximum atomic E-state index is 10.7. The van der Waals surface area contributed by atoms with E-state index in [0.717, 1.165) is 0 Å². The number of ether oxygens (including phenoxy) is 1.